The molecule has 1 aromatic rings. The number of hydrogen-bond acceptors (Lipinski definition) is 1. The van der Waals surface area contributed by atoms with Gasteiger partial charge in [0.1, 0.15) is 0 Å². The second kappa shape index (κ2) is 9.33. The molecule has 21 heavy (non-hydrogen) atoms. The largest absolute Gasteiger partial charge is 0.357 e. The van der Waals surface area contributed by atoms with E-state index >= 15 is 0 Å². The van der Waals surface area contributed by atoms with Crippen LogP contribution in [0.1, 0.15) is 39.8 Å². The number of aliphatic imine (C=N–C) groups is 1. The highest BCUT2D eigenvalue weighted by Crippen LogP contribution is 2.18. The van der Waals surface area contributed by atoms with Crippen molar-refractivity contribution in [1.82, 2.24) is 14.8 Å². The van der Waals surface area contributed by atoms with Crippen LogP contribution in [-0.4, -0.2) is 35.6 Å². The van der Waals surface area contributed by atoms with Gasteiger partial charge in [-0.1, -0.05) is 20.8 Å². The van der Waals surface area contributed by atoms with E-state index in [4.69, 9.17) is 4.99 Å². The minimum absolute atomic E-state index is 0. The van der Waals surface area contributed by atoms with Gasteiger partial charge in [0.05, 0.1) is 6.54 Å². The van der Waals surface area contributed by atoms with E-state index in [2.05, 4.69) is 74.9 Å². The molecule has 1 rings (SSSR count). The van der Waals surface area contributed by atoms with E-state index in [0.29, 0.717) is 5.41 Å². The Kier molecular flexibility index (Phi) is 9.01. The van der Waals surface area contributed by atoms with Crippen molar-refractivity contribution < 1.29 is 0 Å². The second-order valence-corrected chi connectivity index (χ2v) is 6.51. The molecule has 4 nitrogen and oxygen atoms in total. The summed E-state index contributed by atoms with van der Waals surface area (Å²) in [5.74, 6) is 0.984. The Morgan fingerprint density at radius 3 is 2.52 bits per heavy atom. The summed E-state index contributed by atoms with van der Waals surface area (Å²) in [5.41, 5.74) is 1.62. The third kappa shape index (κ3) is 7.74. The molecule has 0 aliphatic carbocycles. The maximum Gasteiger partial charge on any atom is 0.194 e. The number of nitrogens with one attached hydrogen (secondary N) is 1. The molecule has 1 N–H and O–H groups in total. The molecule has 0 bridgehead atoms. The number of guanidine groups is 1. The first-order valence-corrected chi connectivity index (χ1v) is 7.43. The molecule has 0 saturated carbocycles. The van der Waals surface area contributed by atoms with Gasteiger partial charge in [0.25, 0.3) is 0 Å². The molecule has 0 unspecified atom stereocenters. The highest BCUT2D eigenvalue weighted by molar-refractivity contribution is 14.0. The number of rotatable bonds is 5. The maximum atomic E-state index is 4.73. The van der Waals surface area contributed by atoms with Crippen LogP contribution in [0.25, 0.3) is 0 Å². The third-order valence-corrected chi connectivity index (χ3v) is 3.27. The minimum atomic E-state index is 0. The van der Waals surface area contributed by atoms with Crippen LogP contribution >= 0.6 is 24.0 Å². The standard InChI is InChI=1S/C16H30N4.HI/c1-7-17-15(18-11-10-16(2,3)4)20(6)13-14-9-8-12-19(14)5;/h8-9,12H,7,10-11,13H2,1-6H3,(H,17,18);1H. The van der Waals surface area contributed by atoms with Crippen LogP contribution in [0.4, 0.5) is 0 Å². The van der Waals surface area contributed by atoms with Crippen LogP contribution < -0.4 is 5.32 Å². The van der Waals surface area contributed by atoms with Crippen molar-refractivity contribution in [2.24, 2.45) is 17.5 Å². The monoisotopic (exact) mass is 406 g/mol. The SMILES string of the molecule is CCNC(=NCCC(C)(C)C)N(C)Cc1cccn1C.I. The molecule has 0 radical (unpaired) electrons. The van der Waals surface area contributed by atoms with Crippen molar-refractivity contribution in [1.29, 1.82) is 0 Å². The molecule has 0 aliphatic heterocycles. The summed E-state index contributed by atoms with van der Waals surface area (Å²) in [6.45, 7) is 11.5. The van der Waals surface area contributed by atoms with Gasteiger partial charge in [-0.15, -0.1) is 24.0 Å². The lowest BCUT2D eigenvalue weighted by molar-refractivity contribution is 0.382. The topological polar surface area (TPSA) is 32.6 Å². The predicted molar refractivity (Wildman–Crippen MR) is 102 cm³/mol. The molecule has 0 saturated heterocycles. The zero-order valence-electron chi connectivity index (χ0n) is 14.3. The number of halogens is 1. The van der Waals surface area contributed by atoms with Crippen molar-refractivity contribution in [3.63, 3.8) is 0 Å². The molecule has 1 heterocycles. The van der Waals surface area contributed by atoms with Gasteiger partial charge in [0, 0.05) is 39.1 Å². The van der Waals surface area contributed by atoms with Gasteiger partial charge in [-0.3, -0.25) is 4.99 Å². The number of hydrogen-bond donors (Lipinski definition) is 1. The Morgan fingerprint density at radius 2 is 2.05 bits per heavy atom. The van der Waals surface area contributed by atoms with E-state index in [0.717, 1.165) is 32.0 Å². The van der Waals surface area contributed by atoms with E-state index < -0.39 is 0 Å². The van der Waals surface area contributed by atoms with Gasteiger partial charge in [-0.25, -0.2) is 0 Å². The van der Waals surface area contributed by atoms with E-state index in [-0.39, 0.29) is 24.0 Å². The highest BCUT2D eigenvalue weighted by Gasteiger charge is 2.11. The average Bonchev–Trinajstić information content (AvgIpc) is 2.72. The zero-order valence-corrected chi connectivity index (χ0v) is 16.6. The molecule has 0 amide bonds. The third-order valence-electron chi connectivity index (χ3n) is 3.27. The van der Waals surface area contributed by atoms with Gasteiger partial charge in [0.2, 0.25) is 0 Å². The lowest BCUT2D eigenvalue weighted by Gasteiger charge is -2.23. The molecule has 0 aromatic carbocycles. The van der Waals surface area contributed by atoms with Gasteiger partial charge >= 0.3 is 0 Å². The van der Waals surface area contributed by atoms with Crippen LogP contribution in [0.5, 0.6) is 0 Å². The molecule has 1 aromatic heterocycles. The van der Waals surface area contributed by atoms with Crippen molar-refractivity contribution >= 4 is 29.9 Å². The lowest BCUT2D eigenvalue weighted by atomic mass is 9.92. The van der Waals surface area contributed by atoms with Crippen molar-refractivity contribution in [2.45, 2.75) is 40.7 Å². The Morgan fingerprint density at radius 1 is 1.38 bits per heavy atom. The first-order chi connectivity index (χ1) is 9.33. The average molecular weight is 406 g/mol. The maximum absolute atomic E-state index is 4.73. The van der Waals surface area contributed by atoms with Gasteiger partial charge < -0.3 is 14.8 Å². The fourth-order valence-electron chi connectivity index (χ4n) is 1.95. The number of nitrogens with zero attached hydrogens (tertiary/aromatic N) is 3. The fraction of sp³-hybridized carbons (Fsp3) is 0.688. The van der Waals surface area contributed by atoms with Crippen molar-refractivity contribution in [3.8, 4) is 0 Å². The predicted octanol–water partition coefficient (Wildman–Crippen LogP) is 3.48. The number of aromatic nitrogens is 1. The van der Waals surface area contributed by atoms with E-state index in [1.165, 1.54) is 5.69 Å². The summed E-state index contributed by atoms with van der Waals surface area (Å²) >= 11 is 0. The Labute approximate surface area is 147 Å². The molecule has 122 valence electrons. The van der Waals surface area contributed by atoms with Crippen LogP contribution in [0, 0.1) is 5.41 Å². The van der Waals surface area contributed by atoms with Gasteiger partial charge in [-0.2, -0.15) is 0 Å². The van der Waals surface area contributed by atoms with Crippen LogP contribution in [0.3, 0.4) is 0 Å². The van der Waals surface area contributed by atoms with Crippen molar-refractivity contribution in [3.05, 3.63) is 24.0 Å². The summed E-state index contributed by atoms with van der Waals surface area (Å²) in [6.07, 6.45) is 3.17. The Bertz CT molecular complexity index is 432. The Hall–Kier alpha value is -0.720. The molecule has 0 aliphatic rings. The lowest BCUT2D eigenvalue weighted by Crippen LogP contribution is -2.39. The van der Waals surface area contributed by atoms with E-state index in [1.807, 2.05) is 0 Å². The summed E-state index contributed by atoms with van der Waals surface area (Å²) < 4.78 is 2.15. The van der Waals surface area contributed by atoms with E-state index in [1.54, 1.807) is 0 Å². The van der Waals surface area contributed by atoms with E-state index in [9.17, 15) is 0 Å². The minimum Gasteiger partial charge on any atom is -0.357 e. The molecule has 0 spiro atoms. The molecular weight excluding hydrogens is 375 g/mol. The summed E-state index contributed by atoms with van der Waals surface area (Å²) in [7, 11) is 4.17. The van der Waals surface area contributed by atoms with Crippen LogP contribution in [0.2, 0.25) is 0 Å². The van der Waals surface area contributed by atoms with Gasteiger partial charge in [0.15, 0.2) is 5.96 Å². The van der Waals surface area contributed by atoms with Crippen LogP contribution in [-0.2, 0) is 13.6 Å². The van der Waals surface area contributed by atoms with Crippen LogP contribution in [0.15, 0.2) is 23.3 Å². The zero-order chi connectivity index (χ0) is 15.2. The quantitative estimate of drug-likeness (QED) is 0.462. The molecule has 0 fully saturated rings. The molecule has 0 atom stereocenters. The van der Waals surface area contributed by atoms with Crippen molar-refractivity contribution in [2.75, 3.05) is 20.1 Å². The summed E-state index contributed by atoms with van der Waals surface area (Å²) in [4.78, 5) is 6.91. The Balaban J connectivity index is 0.00000400. The smallest absolute Gasteiger partial charge is 0.194 e. The highest BCUT2D eigenvalue weighted by atomic mass is 127. The second-order valence-electron chi connectivity index (χ2n) is 6.51. The van der Waals surface area contributed by atoms with Gasteiger partial charge in [-0.05, 0) is 30.9 Å². The number of aryl methyl sites for hydroxylation is 1. The summed E-state index contributed by atoms with van der Waals surface area (Å²) in [6, 6.07) is 4.22. The fourth-order valence-corrected chi connectivity index (χ4v) is 1.95. The molecular formula is C16H31IN4. The first-order valence-electron chi connectivity index (χ1n) is 7.43. The normalized spacial score (nSPS) is 12.0. The first kappa shape index (κ1) is 20.3. The summed E-state index contributed by atoms with van der Waals surface area (Å²) in [5, 5.41) is 3.37. The molecule has 5 heteroatoms.